The molecule has 3 rings (SSSR count). The van der Waals surface area contributed by atoms with Gasteiger partial charge in [-0.15, -0.1) is 0 Å². The van der Waals surface area contributed by atoms with Crippen LogP contribution < -0.4 is 10.5 Å². The Morgan fingerprint density at radius 1 is 1.42 bits per heavy atom. The van der Waals surface area contributed by atoms with E-state index in [9.17, 15) is 0 Å². The number of ether oxygens (including phenoxy) is 1. The maximum absolute atomic E-state index is 6.51. The molecule has 2 N–H and O–H groups in total. The summed E-state index contributed by atoms with van der Waals surface area (Å²) in [6.45, 7) is 3.50. The fraction of sp³-hybridized carbons (Fsp3) is 0.625. The standard InChI is InChI=1S/C16H24N2O/c1-3-12-5-4-8-18(12)15-9-11-6-7-13(19-2)10-14(11)16(15)17/h6-7,10,12,15-16H,3-5,8-9,17H2,1-2H3. The zero-order valence-electron chi connectivity index (χ0n) is 11.9. The summed E-state index contributed by atoms with van der Waals surface area (Å²) in [4.78, 5) is 2.65. The van der Waals surface area contributed by atoms with Gasteiger partial charge in [0.05, 0.1) is 7.11 Å². The third kappa shape index (κ3) is 2.15. The topological polar surface area (TPSA) is 38.5 Å². The molecule has 1 saturated heterocycles. The van der Waals surface area contributed by atoms with E-state index in [0.717, 1.165) is 18.2 Å². The molecule has 3 unspecified atom stereocenters. The zero-order valence-corrected chi connectivity index (χ0v) is 11.9. The van der Waals surface area contributed by atoms with Gasteiger partial charge in [0.1, 0.15) is 5.75 Å². The Labute approximate surface area is 115 Å². The second kappa shape index (κ2) is 5.14. The zero-order chi connectivity index (χ0) is 13.4. The molecule has 0 aromatic heterocycles. The van der Waals surface area contributed by atoms with Crippen LogP contribution in [0.25, 0.3) is 0 Å². The summed E-state index contributed by atoms with van der Waals surface area (Å²) in [6, 6.07) is 7.70. The average molecular weight is 260 g/mol. The van der Waals surface area contributed by atoms with Gasteiger partial charge < -0.3 is 10.5 Å². The molecule has 0 saturated carbocycles. The molecule has 0 amide bonds. The van der Waals surface area contributed by atoms with E-state index in [1.165, 1.54) is 36.9 Å². The molecular weight excluding hydrogens is 236 g/mol. The van der Waals surface area contributed by atoms with Gasteiger partial charge >= 0.3 is 0 Å². The quantitative estimate of drug-likeness (QED) is 0.907. The summed E-state index contributed by atoms with van der Waals surface area (Å²) in [5.41, 5.74) is 9.20. The Kier molecular flexibility index (Phi) is 3.50. The molecule has 0 bridgehead atoms. The Balaban J connectivity index is 1.84. The molecule has 19 heavy (non-hydrogen) atoms. The van der Waals surface area contributed by atoms with Gasteiger partial charge in [-0.05, 0) is 55.5 Å². The van der Waals surface area contributed by atoms with Crippen LogP contribution >= 0.6 is 0 Å². The van der Waals surface area contributed by atoms with Gasteiger partial charge in [-0.25, -0.2) is 0 Å². The van der Waals surface area contributed by atoms with Crippen molar-refractivity contribution in [2.24, 2.45) is 5.73 Å². The normalized spacial score (nSPS) is 30.6. The molecule has 1 aliphatic carbocycles. The molecule has 3 heteroatoms. The van der Waals surface area contributed by atoms with Gasteiger partial charge in [-0.2, -0.15) is 0 Å². The highest BCUT2D eigenvalue weighted by molar-refractivity contribution is 5.42. The third-order valence-electron chi connectivity index (χ3n) is 4.88. The van der Waals surface area contributed by atoms with Crippen LogP contribution in [-0.2, 0) is 6.42 Å². The first kappa shape index (κ1) is 12.9. The van der Waals surface area contributed by atoms with Gasteiger partial charge in [0.25, 0.3) is 0 Å². The lowest BCUT2D eigenvalue weighted by atomic mass is 10.1. The Morgan fingerprint density at radius 3 is 3.00 bits per heavy atom. The van der Waals surface area contributed by atoms with Crippen molar-refractivity contribution >= 4 is 0 Å². The molecule has 2 aliphatic rings. The lowest BCUT2D eigenvalue weighted by molar-refractivity contribution is 0.160. The first-order chi connectivity index (χ1) is 9.24. The smallest absolute Gasteiger partial charge is 0.119 e. The molecule has 1 aromatic rings. The minimum atomic E-state index is 0.136. The van der Waals surface area contributed by atoms with Gasteiger partial charge in [0.2, 0.25) is 0 Å². The summed E-state index contributed by atoms with van der Waals surface area (Å²) >= 11 is 0. The number of benzene rings is 1. The number of nitrogens with zero attached hydrogens (tertiary/aromatic N) is 1. The number of likely N-dealkylation sites (tertiary alicyclic amines) is 1. The van der Waals surface area contributed by atoms with Gasteiger partial charge in [0, 0.05) is 18.1 Å². The van der Waals surface area contributed by atoms with E-state index in [0.29, 0.717) is 6.04 Å². The predicted molar refractivity (Wildman–Crippen MR) is 77.4 cm³/mol. The summed E-state index contributed by atoms with van der Waals surface area (Å²) in [7, 11) is 1.72. The first-order valence-electron chi connectivity index (χ1n) is 7.42. The van der Waals surface area contributed by atoms with E-state index in [-0.39, 0.29) is 6.04 Å². The lowest BCUT2D eigenvalue weighted by Crippen LogP contribution is -2.43. The molecule has 1 heterocycles. The second-order valence-electron chi connectivity index (χ2n) is 5.80. The molecule has 0 radical (unpaired) electrons. The number of nitrogens with two attached hydrogens (primary N) is 1. The number of rotatable bonds is 3. The number of hydrogen-bond donors (Lipinski definition) is 1. The number of fused-ring (bicyclic) bond motifs is 1. The van der Waals surface area contributed by atoms with Gasteiger partial charge in [-0.1, -0.05) is 13.0 Å². The predicted octanol–water partition coefficient (Wildman–Crippen LogP) is 2.49. The van der Waals surface area contributed by atoms with Gasteiger partial charge in [-0.3, -0.25) is 4.90 Å². The summed E-state index contributed by atoms with van der Waals surface area (Å²) in [5, 5.41) is 0. The maximum atomic E-state index is 6.51. The van der Waals surface area contributed by atoms with Crippen molar-refractivity contribution in [2.45, 2.75) is 50.7 Å². The third-order valence-corrected chi connectivity index (χ3v) is 4.88. The summed E-state index contributed by atoms with van der Waals surface area (Å²) < 4.78 is 5.32. The van der Waals surface area contributed by atoms with Crippen LogP contribution in [0.4, 0.5) is 0 Å². The van der Waals surface area contributed by atoms with Crippen LogP contribution in [0.2, 0.25) is 0 Å². The Morgan fingerprint density at radius 2 is 2.26 bits per heavy atom. The fourth-order valence-corrected chi connectivity index (χ4v) is 3.81. The van der Waals surface area contributed by atoms with Crippen LogP contribution in [0.3, 0.4) is 0 Å². The molecule has 1 aromatic carbocycles. The van der Waals surface area contributed by atoms with Crippen LogP contribution in [0, 0.1) is 0 Å². The largest absolute Gasteiger partial charge is 0.497 e. The van der Waals surface area contributed by atoms with Crippen LogP contribution in [-0.4, -0.2) is 30.6 Å². The molecule has 3 nitrogen and oxygen atoms in total. The highest BCUT2D eigenvalue weighted by atomic mass is 16.5. The van der Waals surface area contributed by atoms with Crippen LogP contribution in [0.15, 0.2) is 18.2 Å². The van der Waals surface area contributed by atoms with Crippen molar-refractivity contribution in [3.63, 3.8) is 0 Å². The van der Waals surface area contributed by atoms with E-state index in [1.807, 2.05) is 0 Å². The van der Waals surface area contributed by atoms with E-state index < -0.39 is 0 Å². The summed E-state index contributed by atoms with van der Waals surface area (Å²) in [5.74, 6) is 0.920. The fourth-order valence-electron chi connectivity index (χ4n) is 3.81. The van der Waals surface area contributed by atoms with Crippen molar-refractivity contribution in [1.29, 1.82) is 0 Å². The Bertz CT molecular complexity index is 460. The number of methoxy groups -OCH3 is 1. The van der Waals surface area contributed by atoms with Crippen LogP contribution in [0.5, 0.6) is 5.75 Å². The minimum Gasteiger partial charge on any atom is -0.497 e. The van der Waals surface area contributed by atoms with Crippen molar-refractivity contribution in [3.05, 3.63) is 29.3 Å². The Hall–Kier alpha value is -1.06. The SMILES string of the molecule is CCC1CCCN1C1Cc2ccc(OC)cc2C1N. The minimum absolute atomic E-state index is 0.136. The number of hydrogen-bond acceptors (Lipinski definition) is 3. The molecule has 1 aliphatic heterocycles. The molecule has 1 fully saturated rings. The second-order valence-corrected chi connectivity index (χ2v) is 5.80. The summed E-state index contributed by atoms with van der Waals surface area (Å²) in [6.07, 6.45) is 4.99. The lowest BCUT2D eigenvalue weighted by Gasteiger charge is -2.32. The van der Waals surface area contributed by atoms with E-state index in [1.54, 1.807) is 7.11 Å². The molecule has 0 spiro atoms. The van der Waals surface area contributed by atoms with Crippen LogP contribution in [0.1, 0.15) is 43.4 Å². The molecule has 3 atom stereocenters. The average Bonchev–Trinajstić information content (AvgIpc) is 3.03. The van der Waals surface area contributed by atoms with Gasteiger partial charge in [0.15, 0.2) is 0 Å². The van der Waals surface area contributed by atoms with Crippen molar-refractivity contribution in [3.8, 4) is 5.75 Å². The van der Waals surface area contributed by atoms with E-state index >= 15 is 0 Å². The monoisotopic (exact) mass is 260 g/mol. The maximum Gasteiger partial charge on any atom is 0.119 e. The van der Waals surface area contributed by atoms with Crippen molar-refractivity contribution < 1.29 is 4.74 Å². The van der Waals surface area contributed by atoms with E-state index in [2.05, 4.69) is 30.0 Å². The first-order valence-corrected chi connectivity index (χ1v) is 7.42. The van der Waals surface area contributed by atoms with Crippen molar-refractivity contribution in [2.75, 3.05) is 13.7 Å². The molecule has 104 valence electrons. The highest BCUT2D eigenvalue weighted by Crippen LogP contribution is 2.38. The van der Waals surface area contributed by atoms with E-state index in [4.69, 9.17) is 10.5 Å². The van der Waals surface area contributed by atoms with Crippen molar-refractivity contribution in [1.82, 2.24) is 4.90 Å². The highest BCUT2D eigenvalue weighted by Gasteiger charge is 2.38. The molecular formula is C16H24N2O.